The Morgan fingerprint density at radius 2 is 1.80 bits per heavy atom. The van der Waals surface area contributed by atoms with Crippen LogP contribution in [0.3, 0.4) is 0 Å². The molecule has 0 atom stereocenters. The molecule has 2 heteroatoms. The third kappa shape index (κ3) is 3.25. The van der Waals surface area contributed by atoms with Crippen molar-refractivity contribution in [3.63, 3.8) is 0 Å². The van der Waals surface area contributed by atoms with Crippen LogP contribution in [-0.4, -0.2) is 7.11 Å². The molecule has 1 N–H and O–H groups in total. The molecule has 2 nitrogen and oxygen atoms in total. The third-order valence-electron chi connectivity index (χ3n) is 4.76. The number of nitrogens with one attached hydrogen (secondary N) is 1. The maximum atomic E-state index is 5.26. The van der Waals surface area contributed by atoms with Crippen LogP contribution in [0, 0.1) is 0 Å². The second-order valence-electron chi connectivity index (χ2n) is 6.71. The standard InChI is InChI=1S/C23H25NO/c1-5-9-18(25-4)10-8-15-24-17-13-14-20-19-11-6-7-12-21(19)23(2,3)22(20)16-17/h5-16,24H,1-4H3/b9-5-,15-8+,18-10+. The number of allylic oxidation sites excluding steroid dienone is 4. The van der Waals surface area contributed by atoms with Crippen LogP contribution in [0.5, 0.6) is 0 Å². The highest BCUT2D eigenvalue weighted by molar-refractivity contribution is 5.82. The Balaban J connectivity index is 1.83. The summed E-state index contributed by atoms with van der Waals surface area (Å²) >= 11 is 0. The Bertz CT molecular complexity index is 856. The summed E-state index contributed by atoms with van der Waals surface area (Å²) in [5, 5.41) is 3.36. The maximum absolute atomic E-state index is 5.26. The summed E-state index contributed by atoms with van der Waals surface area (Å²) in [7, 11) is 1.67. The van der Waals surface area contributed by atoms with E-state index in [1.165, 1.54) is 22.3 Å². The van der Waals surface area contributed by atoms with E-state index in [-0.39, 0.29) is 5.41 Å². The summed E-state index contributed by atoms with van der Waals surface area (Å²) in [5.74, 6) is 0.825. The van der Waals surface area contributed by atoms with E-state index in [0.29, 0.717) is 0 Å². The van der Waals surface area contributed by atoms with Gasteiger partial charge in [-0.05, 0) is 59.5 Å². The molecule has 0 fully saturated rings. The Labute approximate surface area is 150 Å². The molecule has 0 spiro atoms. The van der Waals surface area contributed by atoms with E-state index >= 15 is 0 Å². The van der Waals surface area contributed by atoms with Gasteiger partial charge in [-0.1, -0.05) is 50.3 Å². The second kappa shape index (κ2) is 7.02. The molecule has 1 aliphatic rings. The van der Waals surface area contributed by atoms with Gasteiger partial charge in [0.1, 0.15) is 5.76 Å². The van der Waals surface area contributed by atoms with E-state index in [0.717, 1.165) is 11.4 Å². The third-order valence-corrected chi connectivity index (χ3v) is 4.76. The fourth-order valence-electron chi connectivity index (χ4n) is 3.44. The van der Waals surface area contributed by atoms with Crippen molar-refractivity contribution in [1.82, 2.24) is 0 Å². The second-order valence-corrected chi connectivity index (χ2v) is 6.71. The van der Waals surface area contributed by atoms with Crippen molar-refractivity contribution in [2.75, 3.05) is 12.4 Å². The van der Waals surface area contributed by atoms with Crippen LogP contribution < -0.4 is 5.32 Å². The number of hydrogen-bond acceptors (Lipinski definition) is 2. The van der Waals surface area contributed by atoms with E-state index in [9.17, 15) is 0 Å². The number of hydrogen-bond donors (Lipinski definition) is 1. The van der Waals surface area contributed by atoms with Crippen LogP contribution in [0.1, 0.15) is 31.9 Å². The van der Waals surface area contributed by atoms with Crippen molar-refractivity contribution in [1.29, 1.82) is 0 Å². The van der Waals surface area contributed by atoms with Crippen LogP contribution in [0.25, 0.3) is 11.1 Å². The molecule has 2 aromatic carbocycles. The van der Waals surface area contributed by atoms with Crippen molar-refractivity contribution in [2.45, 2.75) is 26.2 Å². The van der Waals surface area contributed by atoms with Gasteiger partial charge in [-0.15, -0.1) is 0 Å². The van der Waals surface area contributed by atoms with Crippen molar-refractivity contribution in [3.05, 3.63) is 89.9 Å². The molecular formula is C23H25NO. The lowest BCUT2D eigenvalue weighted by molar-refractivity contribution is 0.307. The highest BCUT2D eigenvalue weighted by Crippen LogP contribution is 2.49. The van der Waals surface area contributed by atoms with Crippen LogP contribution in [0.4, 0.5) is 5.69 Å². The molecule has 0 heterocycles. The smallest absolute Gasteiger partial charge is 0.118 e. The number of benzene rings is 2. The molecule has 128 valence electrons. The van der Waals surface area contributed by atoms with Gasteiger partial charge in [-0.3, -0.25) is 0 Å². The highest BCUT2D eigenvalue weighted by atomic mass is 16.5. The first-order valence-electron chi connectivity index (χ1n) is 8.62. The molecule has 0 bridgehead atoms. The molecular weight excluding hydrogens is 306 g/mol. The van der Waals surface area contributed by atoms with Crippen LogP contribution >= 0.6 is 0 Å². The maximum Gasteiger partial charge on any atom is 0.118 e. The first-order chi connectivity index (χ1) is 12.1. The first kappa shape index (κ1) is 17.1. The van der Waals surface area contributed by atoms with Gasteiger partial charge in [0.2, 0.25) is 0 Å². The number of fused-ring (bicyclic) bond motifs is 3. The van der Waals surface area contributed by atoms with E-state index in [1.54, 1.807) is 7.11 Å². The first-order valence-corrected chi connectivity index (χ1v) is 8.62. The molecule has 3 rings (SSSR count). The molecule has 0 unspecified atom stereocenters. The predicted octanol–water partition coefficient (Wildman–Crippen LogP) is 6.02. The molecule has 0 saturated heterocycles. The SMILES string of the molecule is C\C=C/C(=C\C=C\Nc1ccc2c(c1)C(C)(C)c1ccccc1-2)OC. The van der Waals surface area contributed by atoms with Gasteiger partial charge >= 0.3 is 0 Å². The zero-order valence-electron chi connectivity index (χ0n) is 15.3. The Morgan fingerprint density at radius 3 is 2.56 bits per heavy atom. The fraction of sp³-hybridized carbons (Fsp3) is 0.217. The summed E-state index contributed by atoms with van der Waals surface area (Å²) in [5.41, 5.74) is 6.58. The van der Waals surface area contributed by atoms with Crippen LogP contribution in [-0.2, 0) is 10.2 Å². The van der Waals surface area contributed by atoms with Gasteiger partial charge in [-0.25, -0.2) is 0 Å². The lowest BCUT2D eigenvalue weighted by atomic mass is 9.82. The Kier molecular flexibility index (Phi) is 4.80. The number of ether oxygens (including phenoxy) is 1. The van der Waals surface area contributed by atoms with E-state index in [2.05, 4.69) is 61.6 Å². The summed E-state index contributed by atoms with van der Waals surface area (Å²) in [4.78, 5) is 0. The molecule has 2 aromatic rings. The average molecular weight is 331 g/mol. The lowest BCUT2D eigenvalue weighted by Gasteiger charge is -2.21. The van der Waals surface area contributed by atoms with Crippen molar-refractivity contribution >= 4 is 5.69 Å². The normalized spacial score (nSPS) is 15.4. The molecule has 25 heavy (non-hydrogen) atoms. The van der Waals surface area contributed by atoms with E-state index in [4.69, 9.17) is 4.74 Å². The minimum Gasteiger partial charge on any atom is -0.497 e. The summed E-state index contributed by atoms with van der Waals surface area (Å²) < 4.78 is 5.26. The zero-order valence-corrected chi connectivity index (χ0v) is 15.3. The largest absolute Gasteiger partial charge is 0.497 e. The van der Waals surface area contributed by atoms with Crippen LogP contribution in [0.2, 0.25) is 0 Å². The summed E-state index contributed by atoms with van der Waals surface area (Å²) in [6, 6.07) is 15.3. The monoisotopic (exact) mass is 331 g/mol. The van der Waals surface area contributed by atoms with Crippen LogP contribution in [0.15, 0.2) is 78.7 Å². The summed E-state index contributed by atoms with van der Waals surface area (Å²) in [6.45, 7) is 6.56. The predicted molar refractivity (Wildman–Crippen MR) is 107 cm³/mol. The molecule has 0 radical (unpaired) electrons. The fourth-order valence-corrected chi connectivity index (χ4v) is 3.44. The van der Waals surface area contributed by atoms with Gasteiger partial charge in [-0.2, -0.15) is 0 Å². The van der Waals surface area contributed by atoms with Crippen molar-refractivity contribution in [3.8, 4) is 11.1 Å². The number of methoxy groups -OCH3 is 1. The van der Waals surface area contributed by atoms with E-state index < -0.39 is 0 Å². The molecule has 0 amide bonds. The molecule has 0 aromatic heterocycles. The van der Waals surface area contributed by atoms with Gasteiger partial charge < -0.3 is 10.1 Å². The van der Waals surface area contributed by atoms with Gasteiger partial charge in [0, 0.05) is 17.3 Å². The minimum absolute atomic E-state index is 0.0301. The molecule has 0 saturated carbocycles. The van der Waals surface area contributed by atoms with Gasteiger partial charge in [0.15, 0.2) is 0 Å². The van der Waals surface area contributed by atoms with Gasteiger partial charge in [0.05, 0.1) is 7.11 Å². The topological polar surface area (TPSA) is 21.3 Å². The average Bonchev–Trinajstić information content (AvgIpc) is 2.85. The lowest BCUT2D eigenvalue weighted by Crippen LogP contribution is -2.15. The van der Waals surface area contributed by atoms with E-state index in [1.807, 2.05) is 37.4 Å². The number of rotatable bonds is 5. The highest BCUT2D eigenvalue weighted by Gasteiger charge is 2.34. The summed E-state index contributed by atoms with van der Waals surface area (Å²) in [6.07, 6.45) is 9.70. The van der Waals surface area contributed by atoms with Crippen molar-refractivity contribution in [2.24, 2.45) is 0 Å². The van der Waals surface area contributed by atoms with Gasteiger partial charge in [0.25, 0.3) is 0 Å². The molecule has 1 aliphatic carbocycles. The number of anilines is 1. The Morgan fingerprint density at radius 1 is 1.04 bits per heavy atom. The zero-order chi connectivity index (χ0) is 17.9. The van der Waals surface area contributed by atoms with Crippen molar-refractivity contribution < 1.29 is 4.74 Å². The Hall–Kier alpha value is -2.74. The molecule has 0 aliphatic heterocycles. The quantitative estimate of drug-likeness (QED) is 0.534. The minimum atomic E-state index is 0.0301.